The van der Waals surface area contributed by atoms with Gasteiger partial charge in [-0.3, -0.25) is 4.79 Å². The Hall–Kier alpha value is -2.96. The molecule has 25 heavy (non-hydrogen) atoms. The second-order valence-corrected chi connectivity index (χ2v) is 5.91. The van der Waals surface area contributed by atoms with Crippen LogP contribution >= 0.6 is 0 Å². The van der Waals surface area contributed by atoms with E-state index in [2.05, 4.69) is 15.4 Å². The Labute approximate surface area is 145 Å². The number of aryl methyl sites for hydroxylation is 1. The maximum atomic E-state index is 12.8. The van der Waals surface area contributed by atoms with E-state index in [1.165, 1.54) is 0 Å². The van der Waals surface area contributed by atoms with Crippen molar-refractivity contribution in [2.75, 3.05) is 0 Å². The van der Waals surface area contributed by atoms with Crippen LogP contribution in [-0.2, 0) is 13.0 Å². The Bertz CT molecular complexity index is 839. The predicted molar refractivity (Wildman–Crippen MR) is 90.6 cm³/mol. The third kappa shape index (κ3) is 3.76. The topological polar surface area (TPSA) is 85.3 Å². The van der Waals surface area contributed by atoms with Crippen molar-refractivity contribution >= 4 is 5.91 Å². The second kappa shape index (κ2) is 7.29. The lowest BCUT2D eigenvalue weighted by Crippen LogP contribution is -2.36. The summed E-state index contributed by atoms with van der Waals surface area (Å²) in [5.41, 5.74) is 1.12. The molecule has 2 heterocycles. The van der Waals surface area contributed by atoms with Gasteiger partial charge in [-0.15, -0.1) is 10.2 Å². The average Bonchev–Trinajstić information content (AvgIpc) is 3.29. The first kappa shape index (κ1) is 16.9. The molecule has 0 aliphatic heterocycles. The molecule has 0 radical (unpaired) electrons. The van der Waals surface area contributed by atoms with E-state index < -0.39 is 0 Å². The van der Waals surface area contributed by atoms with E-state index in [4.69, 9.17) is 8.94 Å². The minimum atomic E-state index is -0.239. The van der Waals surface area contributed by atoms with Crippen molar-refractivity contribution in [3.8, 4) is 11.3 Å². The maximum absolute atomic E-state index is 12.8. The van der Waals surface area contributed by atoms with Crippen LogP contribution in [-0.4, -0.2) is 32.2 Å². The van der Waals surface area contributed by atoms with Crippen LogP contribution in [0.4, 0.5) is 0 Å². The highest BCUT2D eigenvalue weighted by molar-refractivity contribution is 5.93. The van der Waals surface area contributed by atoms with Gasteiger partial charge in [0.2, 0.25) is 11.8 Å². The van der Waals surface area contributed by atoms with Gasteiger partial charge in [0, 0.05) is 24.1 Å². The second-order valence-electron chi connectivity index (χ2n) is 5.91. The monoisotopic (exact) mass is 340 g/mol. The Morgan fingerprint density at radius 3 is 2.52 bits per heavy atom. The number of rotatable bonds is 6. The lowest BCUT2D eigenvalue weighted by Gasteiger charge is -2.23. The first-order chi connectivity index (χ1) is 12.1. The molecule has 7 nitrogen and oxygen atoms in total. The van der Waals surface area contributed by atoms with Crippen LogP contribution in [0.25, 0.3) is 11.3 Å². The fourth-order valence-corrected chi connectivity index (χ4v) is 2.39. The molecule has 0 atom stereocenters. The van der Waals surface area contributed by atoms with Gasteiger partial charge >= 0.3 is 0 Å². The maximum Gasteiger partial charge on any atom is 0.276 e. The molecule has 0 saturated heterocycles. The molecule has 0 aliphatic rings. The van der Waals surface area contributed by atoms with Crippen molar-refractivity contribution in [2.45, 2.75) is 39.8 Å². The molecule has 0 saturated carbocycles. The SMILES string of the molecule is CCc1nnc(CN(C(=O)c2cc(-c3ccccc3)on2)C(C)C)o1. The van der Waals surface area contributed by atoms with Gasteiger partial charge in [-0.25, -0.2) is 0 Å². The average molecular weight is 340 g/mol. The van der Waals surface area contributed by atoms with Crippen LogP contribution in [0.2, 0.25) is 0 Å². The van der Waals surface area contributed by atoms with Crippen molar-refractivity contribution in [1.82, 2.24) is 20.3 Å². The summed E-state index contributed by atoms with van der Waals surface area (Å²) in [6, 6.07) is 11.1. The zero-order valence-corrected chi connectivity index (χ0v) is 14.5. The van der Waals surface area contributed by atoms with Crippen molar-refractivity contribution in [3.05, 3.63) is 53.9 Å². The lowest BCUT2D eigenvalue weighted by molar-refractivity contribution is 0.0660. The van der Waals surface area contributed by atoms with Gasteiger partial charge in [0.15, 0.2) is 11.5 Å². The quantitative estimate of drug-likeness (QED) is 0.684. The summed E-state index contributed by atoms with van der Waals surface area (Å²) in [5.74, 6) is 1.28. The molecular weight excluding hydrogens is 320 g/mol. The number of benzene rings is 1. The number of nitrogens with zero attached hydrogens (tertiary/aromatic N) is 4. The number of carbonyl (C=O) groups excluding carboxylic acids is 1. The normalized spacial score (nSPS) is 11.0. The van der Waals surface area contributed by atoms with Gasteiger partial charge in [0.1, 0.15) is 0 Å². The Balaban J connectivity index is 1.80. The van der Waals surface area contributed by atoms with Gasteiger partial charge in [-0.1, -0.05) is 42.4 Å². The summed E-state index contributed by atoms with van der Waals surface area (Å²) in [5, 5.41) is 11.8. The van der Waals surface area contributed by atoms with Gasteiger partial charge in [0.25, 0.3) is 5.91 Å². The Morgan fingerprint density at radius 2 is 1.88 bits per heavy atom. The highest BCUT2D eigenvalue weighted by Gasteiger charge is 2.24. The van der Waals surface area contributed by atoms with E-state index in [9.17, 15) is 4.79 Å². The van der Waals surface area contributed by atoms with Crippen molar-refractivity contribution in [3.63, 3.8) is 0 Å². The van der Waals surface area contributed by atoms with Crippen molar-refractivity contribution in [2.24, 2.45) is 0 Å². The van der Waals surface area contributed by atoms with Crippen LogP contribution in [0.5, 0.6) is 0 Å². The summed E-state index contributed by atoms with van der Waals surface area (Å²) in [6.45, 7) is 6.01. The molecule has 0 bridgehead atoms. The Kier molecular flexibility index (Phi) is 4.92. The van der Waals surface area contributed by atoms with Gasteiger partial charge in [-0.05, 0) is 13.8 Å². The largest absolute Gasteiger partial charge is 0.423 e. The van der Waals surface area contributed by atoms with E-state index >= 15 is 0 Å². The molecule has 0 spiro atoms. The molecule has 3 rings (SSSR count). The van der Waals surface area contributed by atoms with E-state index in [0.717, 1.165) is 5.56 Å². The molecule has 0 unspecified atom stereocenters. The molecular formula is C18H20N4O3. The van der Waals surface area contributed by atoms with E-state index in [1.807, 2.05) is 51.1 Å². The highest BCUT2D eigenvalue weighted by atomic mass is 16.5. The zero-order chi connectivity index (χ0) is 17.8. The smallest absolute Gasteiger partial charge is 0.276 e. The minimum Gasteiger partial charge on any atom is -0.423 e. The fraction of sp³-hybridized carbons (Fsp3) is 0.333. The van der Waals surface area contributed by atoms with E-state index in [-0.39, 0.29) is 24.2 Å². The summed E-state index contributed by atoms with van der Waals surface area (Å²) < 4.78 is 10.8. The first-order valence-electron chi connectivity index (χ1n) is 8.22. The minimum absolute atomic E-state index is 0.0543. The molecule has 3 aromatic rings. The number of carbonyl (C=O) groups is 1. The molecule has 1 aromatic carbocycles. The molecule has 130 valence electrons. The van der Waals surface area contributed by atoms with Crippen LogP contribution in [0.15, 0.2) is 45.3 Å². The standard InChI is InChI=1S/C18H20N4O3/c1-4-16-19-20-17(24-16)11-22(12(2)3)18(23)14-10-15(25-21-14)13-8-6-5-7-9-13/h5-10,12H,4,11H2,1-3H3. The number of hydrogen-bond donors (Lipinski definition) is 0. The van der Waals surface area contributed by atoms with Crippen molar-refractivity contribution < 1.29 is 13.7 Å². The summed E-state index contributed by atoms with van der Waals surface area (Å²) in [7, 11) is 0. The van der Waals surface area contributed by atoms with Crippen LogP contribution < -0.4 is 0 Å². The first-order valence-corrected chi connectivity index (χ1v) is 8.22. The highest BCUT2D eigenvalue weighted by Crippen LogP contribution is 2.21. The van der Waals surface area contributed by atoms with Crippen LogP contribution in [0, 0.1) is 0 Å². The molecule has 0 fully saturated rings. The molecule has 0 aliphatic carbocycles. The molecule has 1 amide bonds. The zero-order valence-electron chi connectivity index (χ0n) is 14.5. The van der Waals surface area contributed by atoms with Gasteiger partial charge in [0.05, 0.1) is 6.54 Å². The molecule has 0 N–H and O–H groups in total. The van der Waals surface area contributed by atoms with Crippen molar-refractivity contribution in [1.29, 1.82) is 0 Å². The lowest BCUT2D eigenvalue weighted by atomic mass is 10.1. The summed E-state index contributed by atoms with van der Waals surface area (Å²) in [6.07, 6.45) is 0.659. The van der Waals surface area contributed by atoms with E-state index in [0.29, 0.717) is 24.0 Å². The summed E-state index contributed by atoms with van der Waals surface area (Å²) >= 11 is 0. The van der Waals surface area contributed by atoms with Gasteiger partial charge in [-0.2, -0.15) is 0 Å². The third-order valence-corrected chi connectivity index (χ3v) is 3.79. The number of aromatic nitrogens is 3. The van der Waals surface area contributed by atoms with Gasteiger partial charge < -0.3 is 13.8 Å². The fourth-order valence-electron chi connectivity index (χ4n) is 2.39. The summed E-state index contributed by atoms with van der Waals surface area (Å²) in [4.78, 5) is 14.4. The predicted octanol–water partition coefficient (Wildman–Crippen LogP) is 3.34. The third-order valence-electron chi connectivity index (χ3n) is 3.79. The number of amides is 1. The Morgan fingerprint density at radius 1 is 1.16 bits per heavy atom. The number of hydrogen-bond acceptors (Lipinski definition) is 6. The molecule has 7 heteroatoms. The van der Waals surface area contributed by atoms with Crippen LogP contribution in [0.3, 0.4) is 0 Å². The molecule has 2 aromatic heterocycles. The van der Waals surface area contributed by atoms with E-state index in [1.54, 1.807) is 11.0 Å². The van der Waals surface area contributed by atoms with Crippen LogP contribution in [0.1, 0.15) is 43.0 Å².